The van der Waals surface area contributed by atoms with E-state index in [1.807, 2.05) is 37.6 Å². The molecule has 1 aliphatic carbocycles. The number of anilines is 2. The SMILES string of the molecule is CN(CCCc1cnn(C)c1)C(=O)Nc1cccc(NC(=O)C2CCCC2)c1. The second-order valence-corrected chi connectivity index (χ2v) is 7.53. The van der Waals surface area contributed by atoms with Crippen molar-refractivity contribution in [2.24, 2.45) is 13.0 Å². The van der Waals surface area contributed by atoms with Crippen molar-refractivity contribution in [2.75, 3.05) is 24.2 Å². The summed E-state index contributed by atoms with van der Waals surface area (Å²) in [5.74, 6) is 0.192. The summed E-state index contributed by atoms with van der Waals surface area (Å²) < 4.78 is 1.78. The minimum Gasteiger partial charge on any atom is -0.328 e. The first-order valence-electron chi connectivity index (χ1n) is 9.92. The number of benzene rings is 1. The predicted octanol–water partition coefficient (Wildman–Crippen LogP) is 3.65. The Labute approximate surface area is 166 Å². The molecule has 28 heavy (non-hydrogen) atoms. The lowest BCUT2D eigenvalue weighted by molar-refractivity contribution is -0.119. The number of hydrogen-bond acceptors (Lipinski definition) is 3. The van der Waals surface area contributed by atoms with Gasteiger partial charge in [0.2, 0.25) is 5.91 Å². The van der Waals surface area contributed by atoms with Crippen LogP contribution in [0.3, 0.4) is 0 Å². The number of carbonyl (C=O) groups is 2. The Morgan fingerprint density at radius 3 is 2.61 bits per heavy atom. The molecule has 0 aliphatic heterocycles. The maximum Gasteiger partial charge on any atom is 0.321 e. The summed E-state index contributed by atoms with van der Waals surface area (Å²) in [7, 11) is 3.68. The molecule has 1 saturated carbocycles. The second kappa shape index (κ2) is 9.39. The van der Waals surface area contributed by atoms with E-state index < -0.39 is 0 Å². The van der Waals surface area contributed by atoms with E-state index in [0.29, 0.717) is 17.9 Å². The normalized spacial score (nSPS) is 14.1. The maximum atomic E-state index is 12.4. The van der Waals surface area contributed by atoms with Gasteiger partial charge in [0.1, 0.15) is 0 Å². The van der Waals surface area contributed by atoms with Crippen LogP contribution in [0.5, 0.6) is 0 Å². The molecule has 1 heterocycles. The number of carbonyl (C=O) groups excluding carboxylic acids is 2. The van der Waals surface area contributed by atoms with E-state index in [1.165, 1.54) is 5.56 Å². The van der Waals surface area contributed by atoms with Gasteiger partial charge >= 0.3 is 6.03 Å². The molecule has 0 spiro atoms. The number of urea groups is 1. The van der Waals surface area contributed by atoms with Crippen LogP contribution in [0.15, 0.2) is 36.7 Å². The highest BCUT2D eigenvalue weighted by atomic mass is 16.2. The highest BCUT2D eigenvalue weighted by Crippen LogP contribution is 2.26. The van der Waals surface area contributed by atoms with Crippen LogP contribution in [0, 0.1) is 5.92 Å². The van der Waals surface area contributed by atoms with Gasteiger partial charge in [-0.3, -0.25) is 9.48 Å². The quantitative estimate of drug-likeness (QED) is 0.766. The third kappa shape index (κ3) is 5.58. The smallest absolute Gasteiger partial charge is 0.321 e. The molecule has 7 heteroatoms. The number of aryl methyl sites for hydroxylation is 2. The van der Waals surface area contributed by atoms with Crippen LogP contribution >= 0.6 is 0 Å². The summed E-state index contributed by atoms with van der Waals surface area (Å²) >= 11 is 0. The molecular formula is C21H29N5O2. The number of nitrogens with zero attached hydrogens (tertiary/aromatic N) is 3. The molecule has 0 saturated heterocycles. The van der Waals surface area contributed by atoms with Crippen LogP contribution in [0.25, 0.3) is 0 Å². The van der Waals surface area contributed by atoms with Crippen LogP contribution in [0.2, 0.25) is 0 Å². The van der Waals surface area contributed by atoms with Crippen molar-refractivity contribution in [1.82, 2.24) is 14.7 Å². The van der Waals surface area contributed by atoms with E-state index >= 15 is 0 Å². The molecule has 0 bridgehead atoms. The third-order valence-corrected chi connectivity index (χ3v) is 5.17. The zero-order valence-corrected chi connectivity index (χ0v) is 16.6. The molecule has 3 rings (SSSR count). The summed E-state index contributed by atoms with van der Waals surface area (Å²) in [5.41, 5.74) is 2.56. The largest absolute Gasteiger partial charge is 0.328 e. The van der Waals surface area contributed by atoms with Crippen LogP contribution < -0.4 is 10.6 Å². The summed E-state index contributed by atoms with van der Waals surface area (Å²) in [5, 5.41) is 10.0. The first-order chi connectivity index (χ1) is 13.5. The Bertz CT molecular complexity index is 811. The number of aromatic nitrogens is 2. The van der Waals surface area contributed by atoms with Gasteiger partial charge in [0, 0.05) is 44.1 Å². The number of amides is 3. The average Bonchev–Trinajstić information content (AvgIpc) is 3.34. The fourth-order valence-electron chi connectivity index (χ4n) is 3.55. The standard InChI is InChI=1S/C21H29N5O2/c1-25(12-6-7-16-14-22-26(2)15-16)21(28)24-19-11-5-10-18(13-19)23-20(27)17-8-3-4-9-17/h5,10-11,13-15,17H,3-4,6-9,12H2,1-2H3,(H,23,27)(H,24,28). The molecule has 0 unspecified atom stereocenters. The van der Waals surface area contributed by atoms with Crippen LogP contribution in [0.4, 0.5) is 16.2 Å². The van der Waals surface area contributed by atoms with E-state index in [0.717, 1.165) is 38.5 Å². The first kappa shape index (κ1) is 19.9. The fraction of sp³-hybridized carbons (Fsp3) is 0.476. The fourth-order valence-corrected chi connectivity index (χ4v) is 3.55. The van der Waals surface area contributed by atoms with E-state index in [4.69, 9.17) is 0 Å². The topological polar surface area (TPSA) is 79.3 Å². The minimum absolute atomic E-state index is 0.0773. The van der Waals surface area contributed by atoms with E-state index in [1.54, 1.807) is 22.7 Å². The van der Waals surface area contributed by atoms with Crippen LogP contribution in [-0.2, 0) is 18.3 Å². The zero-order valence-electron chi connectivity index (χ0n) is 16.6. The molecule has 7 nitrogen and oxygen atoms in total. The Kier molecular flexibility index (Phi) is 6.68. The molecule has 3 amide bonds. The molecule has 150 valence electrons. The van der Waals surface area contributed by atoms with E-state index in [9.17, 15) is 9.59 Å². The lowest BCUT2D eigenvalue weighted by Gasteiger charge is -2.18. The minimum atomic E-state index is -0.162. The van der Waals surface area contributed by atoms with Gasteiger partial charge in [0.05, 0.1) is 6.20 Å². The average molecular weight is 383 g/mol. The molecule has 1 aromatic carbocycles. The monoisotopic (exact) mass is 383 g/mol. The van der Waals surface area contributed by atoms with Crippen molar-refractivity contribution < 1.29 is 9.59 Å². The summed E-state index contributed by atoms with van der Waals surface area (Å²) in [6.45, 7) is 0.652. The Morgan fingerprint density at radius 2 is 1.93 bits per heavy atom. The maximum absolute atomic E-state index is 12.4. The summed E-state index contributed by atoms with van der Waals surface area (Å²) in [4.78, 5) is 26.4. The van der Waals surface area contributed by atoms with Gasteiger partial charge in [0.25, 0.3) is 0 Å². The molecule has 2 aromatic rings. The van der Waals surface area contributed by atoms with Crippen LogP contribution in [0.1, 0.15) is 37.7 Å². The number of rotatable bonds is 7. The van der Waals surface area contributed by atoms with Crippen LogP contribution in [-0.4, -0.2) is 40.2 Å². The molecule has 0 atom stereocenters. The van der Waals surface area contributed by atoms with Gasteiger partial charge in [-0.05, 0) is 49.4 Å². The third-order valence-electron chi connectivity index (χ3n) is 5.17. The second-order valence-electron chi connectivity index (χ2n) is 7.53. The van der Waals surface area contributed by atoms with Crippen molar-refractivity contribution in [2.45, 2.75) is 38.5 Å². The Hall–Kier alpha value is -2.83. The molecule has 1 aromatic heterocycles. The summed E-state index contributed by atoms with van der Waals surface area (Å²) in [6.07, 6.45) is 9.78. The highest BCUT2D eigenvalue weighted by molar-refractivity contribution is 5.94. The van der Waals surface area contributed by atoms with Gasteiger partial charge in [0.15, 0.2) is 0 Å². The van der Waals surface area contributed by atoms with Crippen molar-refractivity contribution in [3.63, 3.8) is 0 Å². The molecule has 1 fully saturated rings. The molecule has 1 aliphatic rings. The van der Waals surface area contributed by atoms with Crippen molar-refractivity contribution in [1.29, 1.82) is 0 Å². The van der Waals surface area contributed by atoms with Gasteiger partial charge < -0.3 is 15.5 Å². The van der Waals surface area contributed by atoms with Gasteiger partial charge in [-0.25, -0.2) is 4.79 Å². The summed E-state index contributed by atoms with van der Waals surface area (Å²) in [6, 6.07) is 7.15. The van der Waals surface area contributed by atoms with Crippen molar-refractivity contribution in [3.05, 3.63) is 42.2 Å². The van der Waals surface area contributed by atoms with E-state index in [2.05, 4.69) is 15.7 Å². The molecule has 0 radical (unpaired) electrons. The highest BCUT2D eigenvalue weighted by Gasteiger charge is 2.22. The van der Waals surface area contributed by atoms with Crippen molar-refractivity contribution >= 4 is 23.3 Å². The van der Waals surface area contributed by atoms with Gasteiger partial charge in [-0.1, -0.05) is 18.9 Å². The molecule has 2 N–H and O–H groups in total. The lowest BCUT2D eigenvalue weighted by atomic mass is 10.1. The zero-order chi connectivity index (χ0) is 19.9. The first-order valence-corrected chi connectivity index (χ1v) is 9.92. The lowest BCUT2D eigenvalue weighted by Crippen LogP contribution is -2.32. The predicted molar refractivity (Wildman–Crippen MR) is 110 cm³/mol. The number of nitrogens with one attached hydrogen (secondary N) is 2. The van der Waals surface area contributed by atoms with E-state index in [-0.39, 0.29) is 17.9 Å². The molecular weight excluding hydrogens is 354 g/mol. The Morgan fingerprint density at radius 1 is 1.21 bits per heavy atom. The van der Waals surface area contributed by atoms with Crippen molar-refractivity contribution in [3.8, 4) is 0 Å². The number of hydrogen-bond donors (Lipinski definition) is 2. The van der Waals surface area contributed by atoms with Gasteiger partial charge in [-0.15, -0.1) is 0 Å². The Balaban J connectivity index is 1.46. The van der Waals surface area contributed by atoms with Gasteiger partial charge in [-0.2, -0.15) is 5.10 Å².